The number of likely N-dealkylation sites (tertiary alicyclic amines) is 1. The van der Waals surface area contributed by atoms with Gasteiger partial charge in [-0.05, 0) is 43.6 Å². The van der Waals surface area contributed by atoms with Gasteiger partial charge in [0.1, 0.15) is 0 Å². The maximum atomic E-state index is 5.86. The van der Waals surface area contributed by atoms with Gasteiger partial charge in [-0.25, -0.2) is 0 Å². The molecule has 2 atom stereocenters. The molecule has 0 aromatic heterocycles. The van der Waals surface area contributed by atoms with E-state index in [9.17, 15) is 0 Å². The first-order valence-corrected chi connectivity index (χ1v) is 7.62. The van der Waals surface area contributed by atoms with Crippen molar-refractivity contribution in [3.8, 4) is 0 Å². The summed E-state index contributed by atoms with van der Waals surface area (Å²) in [6.07, 6.45) is 3.11. The zero-order chi connectivity index (χ0) is 13.8. The molecule has 2 nitrogen and oxygen atoms in total. The Morgan fingerprint density at radius 2 is 1.89 bits per heavy atom. The minimum atomic E-state index is 0.387. The standard InChI is InChI=1S/C16H33NO/c1-13(2)14(3)18-10-9-17-8-7-15(12-17)11-16(4,5)6/h13-15H,7-12H2,1-6H3/t14-,15?/m0/s1. The van der Waals surface area contributed by atoms with Crippen molar-refractivity contribution < 1.29 is 4.74 Å². The van der Waals surface area contributed by atoms with E-state index in [1.807, 2.05) is 0 Å². The third-order valence-corrected chi connectivity index (χ3v) is 4.00. The molecule has 1 rings (SSSR count). The van der Waals surface area contributed by atoms with Crippen molar-refractivity contribution in [1.82, 2.24) is 4.90 Å². The molecule has 18 heavy (non-hydrogen) atoms. The van der Waals surface area contributed by atoms with Gasteiger partial charge in [-0.3, -0.25) is 0 Å². The van der Waals surface area contributed by atoms with Crippen LogP contribution in [0.5, 0.6) is 0 Å². The van der Waals surface area contributed by atoms with Gasteiger partial charge in [0, 0.05) is 13.1 Å². The molecule has 1 aliphatic rings. The van der Waals surface area contributed by atoms with E-state index >= 15 is 0 Å². The molecular formula is C16H33NO. The summed E-state index contributed by atoms with van der Waals surface area (Å²) in [6.45, 7) is 18.2. The largest absolute Gasteiger partial charge is 0.377 e. The molecule has 1 saturated heterocycles. The average Bonchev–Trinajstić information content (AvgIpc) is 2.62. The van der Waals surface area contributed by atoms with E-state index in [1.54, 1.807) is 0 Å². The lowest BCUT2D eigenvalue weighted by Gasteiger charge is -2.23. The van der Waals surface area contributed by atoms with Crippen LogP contribution in [0.25, 0.3) is 0 Å². The smallest absolute Gasteiger partial charge is 0.0597 e. The third kappa shape index (κ3) is 6.19. The van der Waals surface area contributed by atoms with Crippen molar-refractivity contribution >= 4 is 0 Å². The van der Waals surface area contributed by atoms with Crippen LogP contribution in [0.4, 0.5) is 0 Å². The molecule has 0 bridgehead atoms. The van der Waals surface area contributed by atoms with Crippen molar-refractivity contribution in [3.63, 3.8) is 0 Å². The number of hydrogen-bond acceptors (Lipinski definition) is 2. The Kier molecular flexibility index (Phi) is 6.13. The SMILES string of the molecule is CC(C)[C@H](C)OCCN1CCC(CC(C)(C)C)C1. The van der Waals surface area contributed by atoms with Crippen LogP contribution in [0.1, 0.15) is 54.4 Å². The predicted molar refractivity (Wildman–Crippen MR) is 78.9 cm³/mol. The van der Waals surface area contributed by atoms with E-state index in [0.717, 1.165) is 19.1 Å². The van der Waals surface area contributed by atoms with Gasteiger partial charge in [0.25, 0.3) is 0 Å². The second-order valence-electron chi connectivity index (χ2n) is 7.54. The minimum Gasteiger partial charge on any atom is -0.377 e. The number of hydrogen-bond donors (Lipinski definition) is 0. The maximum Gasteiger partial charge on any atom is 0.0597 e. The zero-order valence-electron chi connectivity index (χ0n) is 13.3. The molecule has 1 aliphatic heterocycles. The van der Waals surface area contributed by atoms with E-state index in [2.05, 4.69) is 46.4 Å². The van der Waals surface area contributed by atoms with Gasteiger partial charge >= 0.3 is 0 Å². The second-order valence-corrected chi connectivity index (χ2v) is 7.54. The lowest BCUT2D eigenvalue weighted by atomic mass is 9.84. The Balaban J connectivity index is 2.15. The van der Waals surface area contributed by atoms with Gasteiger partial charge in [-0.1, -0.05) is 34.6 Å². The number of ether oxygens (including phenoxy) is 1. The van der Waals surface area contributed by atoms with Crippen LogP contribution >= 0.6 is 0 Å². The fourth-order valence-corrected chi connectivity index (χ4v) is 2.71. The van der Waals surface area contributed by atoms with Gasteiger partial charge in [-0.15, -0.1) is 0 Å². The van der Waals surface area contributed by atoms with Crippen molar-refractivity contribution in [2.24, 2.45) is 17.3 Å². The van der Waals surface area contributed by atoms with E-state index in [0.29, 0.717) is 17.4 Å². The molecule has 1 heterocycles. The fraction of sp³-hybridized carbons (Fsp3) is 1.00. The first-order valence-electron chi connectivity index (χ1n) is 7.62. The predicted octanol–water partition coefficient (Wildman–Crippen LogP) is 3.81. The first kappa shape index (κ1) is 16.0. The summed E-state index contributed by atoms with van der Waals surface area (Å²) in [4.78, 5) is 2.57. The van der Waals surface area contributed by atoms with Gasteiger partial charge in [0.2, 0.25) is 0 Å². The van der Waals surface area contributed by atoms with Crippen molar-refractivity contribution in [2.45, 2.75) is 60.5 Å². The topological polar surface area (TPSA) is 12.5 Å². The summed E-state index contributed by atoms with van der Waals surface area (Å²) in [6, 6.07) is 0. The van der Waals surface area contributed by atoms with Gasteiger partial charge in [0.15, 0.2) is 0 Å². The molecule has 1 unspecified atom stereocenters. The molecule has 0 amide bonds. The Bertz CT molecular complexity index is 232. The summed E-state index contributed by atoms with van der Waals surface area (Å²) in [5.41, 5.74) is 0.476. The van der Waals surface area contributed by atoms with Gasteiger partial charge in [0.05, 0.1) is 12.7 Å². The molecule has 0 aromatic carbocycles. The highest BCUT2D eigenvalue weighted by atomic mass is 16.5. The average molecular weight is 255 g/mol. The molecule has 1 fully saturated rings. The molecule has 2 heteroatoms. The fourth-order valence-electron chi connectivity index (χ4n) is 2.71. The van der Waals surface area contributed by atoms with Crippen LogP contribution in [-0.2, 0) is 4.74 Å². The summed E-state index contributed by atoms with van der Waals surface area (Å²) in [5.74, 6) is 1.52. The Morgan fingerprint density at radius 3 is 2.44 bits per heavy atom. The summed E-state index contributed by atoms with van der Waals surface area (Å²) in [5, 5.41) is 0. The highest BCUT2D eigenvalue weighted by molar-refractivity contribution is 4.79. The lowest BCUT2D eigenvalue weighted by molar-refractivity contribution is 0.0245. The van der Waals surface area contributed by atoms with E-state index in [1.165, 1.54) is 25.9 Å². The third-order valence-electron chi connectivity index (χ3n) is 4.00. The van der Waals surface area contributed by atoms with Crippen LogP contribution in [0, 0.1) is 17.3 Å². The van der Waals surface area contributed by atoms with Gasteiger partial charge < -0.3 is 9.64 Å². The van der Waals surface area contributed by atoms with Crippen LogP contribution in [0.3, 0.4) is 0 Å². The molecule has 0 spiro atoms. The second kappa shape index (κ2) is 6.91. The van der Waals surface area contributed by atoms with Crippen LogP contribution < -0.4 is 0 Å². The normalized spacial score (nSPS) is 23.8. The van der Waals surface area contributed by atoms with Crippen LogP contribution in [0.2, 0.25) is 0 Å². The minimum absolute atomic E-state index is 0.387. The Hall–Kier alpha value is -0.0800. The molecular weight excluding hydrogens is 222 g/mol. The highest BCUT2D eigenvalue weighted by Gasteiger charge is 2.26. The van der Waals surface area contributed by atoms with Crippen molar-refractivity contribution in [2.75, 3.05) is 26.2 Å². The van der Waals surface area contributed by atoms with Gasteiger partial charge in [-0.2, -0.15) is 0 Å². The molecule has 0 N–H and O–H groups in total. The highest BCUT2D eigenvalue weighted by Crippen LogP contribution is 2.30. The summed E-state index contributed by atoms with van der Waals surface area (Å²) < 4.78 is 5.86. The molecule has 0 saturated carbocycles. The molecule has 0 aliphatic carbocycles. The lowest BCUT2D eigenvalue weighted by Crippen LogP contribution is -2.28. The molecule has 0 radical (unpaired) electrons. The quantitative estimate of drug-likeness (QED) is 0.715. The van der Waals surface area contributed by atoms with E-state index in [4.69, 9.17) is 4.74 Å². The Morgan fingerprint density at radius 1 is 1.22 bits per heavy atom. The summed E-state index contributed by atoms with van der Waals surface area (Å²) >= 11 is 0. The monoisotopic (exact) mass is 255 g/mol. The van der Waals surface area contributed by atoms with Crippen LogP contribution in [0.15, 0.2) is 0 Å². The number of nitrogens with zero attached hydrogens (tertiary/aromatic N) is 1. The summed E-state index contributed by atoms with van der Waals surface area (Å²) in [7, 11) is 0. The number of rotatable bonds is 6. The van der Waals surface area contributed by atoms with E-state index in [-0.39, 0.29) is 0 Å². The molecule has 0 aromatic rings. The Labute approximate surface area is 114 Å². The zero-order valence-corrected chi connectivity index (χ0v) is 13.3. The van der Waals surface area contributed by atoms with E-state index < -0.39 is 0 Å². The maximum absolute atomic E-state index is 5.86. The molecule has 108 valence electrons. The van der Waals surface area contributed by atoms with Crippen molar-refractivity contribution in [1.29, 1.82) is 0 Å². The first-order chi connectivity index (χ1) is 8.28. The van der Waals surface area contributed by atoms with Crippen LogP contribution in [-0.4, -0.2) is 37.2 Å². The van der Waals surface area contributed by atoms with Crippen molar-refractivity contribution in [3.05, 3.63) is 0 Å².